The standard InChI is InChI=1S/C12H11ClO5/c1-3-18-11(15)8-6-4-5-7(10(13)14)9(8)12(16)17-2/h4-6H,3H2,1-2H3. The molecule has 0 saturated heterocycles. The number of methoxy groups -OCH3 is 1. The Labute approximate surface area is 109 Å². The third-order valence-corrected chi connectivity index (χ3v) is 2.36. The average Bonchev–Trinajstić information content (AvgIpc) is 2.37. The lowest BCUT2D eigenvalue weighted by Crippen LogP contribution is -2.16. The highest BCUT2D eigenvalue weighted by Gasteiger charge is 2.24. The van der Waals surface area contributed by atoms with Crippen LogP contribution >= 0.6 is 11.6 Å². The van der Waals surface area contributed by atoms with Gasteiger partial charge in [0.1, 0.15) is 0 Å². The predicted octanol–water partition coefficient (Wildman–Crippen LogP) is 2.03. The van der Waals surface area contributed by atoms with E-state index in [9.17, 15) is 14.4 Å². The van der Waals surface area contributed by atoms with E-state index in [4.69, 9.17) is 16.3 Å². The van der Waals surface area contributed by atoms with E-state index in [0.717, 1.165) is 7.11 Å². The molecule has 0 fully saturated rings. The molecule has 0 unspecified atom stereocenters. The fourth-order valence-electron chi connectivity index (χ4n) is 1.42. The van der Waals surface area contributed by atoms with Gasteiger partial charge in [0.25, 0.3) is 5.24 Å². The zero-order valence-corrected chi connectivity index (χ0v) is 10.6. The van der Waals surface area contributed by atoms with E-state index >= 15 is 0 Å². The number of ether oxygens (including phenoxy) is 2. The lowest BCUT2D eigenvalue weighted by molar-refractivity contribution is 0.0503. The SMILES string of the molecule is CCOC(=O)c1cccc(C(=O)Cl)c1C(=O)OC. The molecule has 0 spiro atoms. The minimum Gasteiger partial charge on any atom is -0.465 e. The molecule has 1 rings (SSSR count). The van der Waals surface area contributed by atoms with Crippen LogP contribution < -0.4 is 0 Å². The van der Waals surface area contributed by atoms with Crippen LogP contribution in [0.3, 0.4) is 0 Å². The third-order valence-electron chi connectivity index (χ3n) is 2.16. The van der Waals surface area contributed by atoms with Crippen LogP contribution in [-0.4, -0.2) is 30.9 Å². The summed E-state index contributed by atoms with van der Waals surface area (Å²) in [6.07, 6.45) is 0. The second kappa shape index (κ2) is 6.16. The van der Waals surface area contributed by atoms with Crippen molar-refractivity contribution in [3.8, 4) is 0 Å². The van der Waals surface area contributed by atoms with Gasteiger partial charge in [0.2, 0.25) is 0 Å². The molecule has 1 aromatic rings. The fraction of sp³-hybridized carbons (Fsp3) is 0.250. The Balaban J connectivity index is 3.42. The number of halogens is 1. The fourth-order valence-corrected chi connectivity index (χ4v) is 1.57. The number of hydrogen-bond donors (Lipinski definition) is 0. The topological polar surface area (TPSA) is 69.7 Å². The third kappa shape index (κ3) is 2.87. The summed E-state index contributed by atoms with van der Waals surface area (Å²) >= 11 is 5.36. The highest BCUT2D eigenvalue weighted by molar-refractivity contribution is 6.68. The first kappa shape index (κ1) is 14.2. The summed E-state index contributed by atoms with van der Waals surface area (Å²) in [4.78, 5) is 34.5. The van der Waals surface area contributed by atoms with Crippen LogP contribution in [0.25, 0.3) is 0 Å². The molecule has 0 aliphatic heterocycles. The Kier molecular flexibility index (Phi) is 4.85. The van der Waals surface area contributed by atoms with E-state index in [0.29, 0.717) is 0 Å². The molecule has 1 aromatic carbocycles. The van der Waals surface area contributed by atoms with E-state index in [-0.39, 0.29) is 23.3 Å². The van der Waals surface area contributed by atoms with Crippen molar-refractivity contribution in [2.45, 2.75) is 6.92 Å². The number of carbonyl (C=O) groups is 3. The molecule has 0 amide bonds. The van der Waals surface area contributed by atoms with Crippen LogP contribution in [0, 0.1) is 0 Å². The predicted molar refractivity (Wildman–Crippen MR) is 63.9 cm³/mol. The first-order valence-electron chi connectivity index (χ1n) is 5.11. The van der Waals surface area contributed by atoms with E-state index in [1.165, 1.54) is 18.2 Å². The lowest BCUT2D eigenvalue weighted by Gasteiger charge is -2.09. The van der Waals surface area contributed by atoms with Crippen LogP contribution in [0.4, 0.5) is 0 Å². The molecule has 0 heterocycles. The van der Waals surface area contributed by atoms with Crippen molar-refractivity contribution >= 4 is 28.8 Å². The van der Waals surface area contributed by atoms with Crippen LogP contribution in [0.1, 0.15) is 38.0 Å². The van der Waals surface area contributed by atoms with Crippen LogP contribution in [0.15, 0.2) is 18.2 Å². The Morgan fingerprint density at radius 1 is 1.17 bits per heavy atom. The van der Waals surface area contributed by atoms with Crippen molar-refractivity contribution in [3.05, 3.63) is 34.9 Å². The molecule has 0 bridgehead atoms. The molecule has 6 heteroatoms. The van der Waals surface area contributed by atoms with E-state index in [1.807, 2.05) is 0 Å². The quantitative estimate of drug-likeness (QED) is 0.618. The highest BCUT2D eigenvalue weighted by Crippen LogP contribution is 2.19. The largest absolute Gasteiger partial charge is 0.465 e. The maximum absolute atomic E-state index is 11.7. The average molecular weight is 271 g/mol. The second-order valence-electron chi connectivity index (χ2n) is 3.21. The number of carbonyl (C=O) groups excluding carboxylic acids is 3. The molecule has 0 radical (unpaired) electrons. The van der Waals surface area contributed by atoms with Crippen molar-refractivity contribution in [3.63, 3.8) is 0 Å². The number of hydrogen-bond acceptors (Lipinski definition) is 5. The van der Waals surface area contributed by atoms with Crippen LogP contribution in [-0.2, 0) is 9.47 Å². The molecule has 0 aromatic heterocycles. The van der Waals surface area contributed by atoms with Crippen molar-refractivity contribution in [2.24, 2.45) is 0 Å². The Hall–Kier alpha value is -1.88. The lowest BCUT2D eigenvalue weighted by atomic mass is 10.0. The summed E-state index contributed by atoms with van der Waals surface area (Å²) in [6.45, 7) is 1.78. The maximum Gasteiger partial charge on any atom is 0.339 e. The molecule has 0 N–H and O–H groups in total. The molecular formula is C12H11ClO5. The van der Waals surface area contributed by atoms with Gasteiger partial charge in [-0.2, -0.15) is 0 Å². The van der Waals surface area contributed by atoms with Crippen LogP contribution in [0.5, 0.6) is 0 Å². The Morgan fingerprint density at radius 2 is 1.78 bits per heavy atom. The highest BCUT2D eigenvalue weighted by atomic mass is 35.5. The molecule has 0 saturated carbocycles. The van der Waals surface area contributed by atoms with Gasteiger partial charge in [-0.05, 0) is 30.7 Å². The monoisotopic (exact) mass is 270 g/mol. The summed E-state index contributed by atoms with van der Waals surface area (Å²) in [5, 5.41) is -0.846. The molecular weight excluding hydrogens is 260 g/mol. The summed E-state index contributed by atoms with van der Waals surface area (Å²) in [7, 11) is 1.15. The molecule has 0 atom stereocenters. The second-order valence-corrected chi connectivity index (χ2v) is 3.56. The van der Waals surface area contributed by atoms with E-state index in [1.54, 1.807) is 6.92 Å². The van der Waals surface area contributed by atoms with E-state index in [2.05, 4.69) is 4.74 Å². The molecule has 96 valence electrons. The smallest absolute Gasteiger partial charge is 0.339 e. The number of rotatable bonds is 4. The molecule has 0 aliphatic rings. The summed E-state index contributed by atoms with van der Waals surface area (Å²) in [5.41, 5.74) is -0.317. The normalized spacial score (nSPS) is 9.72. The van der Waals surface area contributed by atoms with Crippen LogP contribution in [0.2, 0.25) is 0 Å². The summed E-state index contributed by atoms with van der Waals surface area (Å²) in [5.74, 6) is -1.53. The first-order valence-corrected chi connectivity index (χ1v) is 5.49. The maximum atomic E-state index is 11.7. The van der Waals surface area contributed by atoms with Gasteiger partial charge in [0.15, 0.2) is 0 Å². The molecule has 18 heavy (non-hydrogen) atoms. The molecule has 5 nitrogen and oxygen atoms in total. The van der Waals surface area contributed by atoms with Gasteiger partial charge in [-0.15, -0.1) is 0 Å². The number of esters is 2. The summed E-state index contributed by atoms with van der Waals surface area (Å²) in [6, 6.07) is 4.15. The van der Waals surface area contributed by atoms with Gasteiger partial charge in [0.05, 0.1) is 24.8 Å². The first-order chi connectivity index (χ1) is 8.52. The van der Waals surface area contributed by atoms with Crippen molar-refractivity contribution in [1.29, 1.82) is 0 Å². The zero-order chi connectivity index (χ0) is 13.7. The van der Waals surface area contributed by atoms with Gasteiger partial charge in [-0.25, -0.2) is 9.59 Å². The molecule has 0 aliphatic carbocycles. The zero-order valence-electron chi connectivity index (χ0n) is 9.86. The van der Waals surface area contributed by atoms with Crippen molar-refractivity contribution in [2.75, 3.05) is 13.7 Å². The van der Waals surface area contributed by atoms with Gasteiger partial charge in [-0.3, -0.25) is 4.79 Å². The summed E-state index contributed by atoms with van der Waals surface area (Å²) < 4.78 is 9.34. The Morgan fingerprint density at radius 3 is 2.28 bits per heavy atom. The van der Waals surface area contributed by atoms with Gasteiger partial charge >= 0.3 is 11.9 Å². The minimum absolute atomic E-state index is 0.0461. The Bertz CT molecular complexity index is 495. The number of benzene rings is 1. The van der Waals surface area contributed by atoms with Gasteiger partial charge in [0, 0.05) is 5.56 Å². The minimum atomic E-state index is -0.846. The van der Waals surface area contributed by atoms with Gasteiger partial charge < -0.3 is 9.47 Å². The van der Waals surface area contributed by atoms with E-state index < -0.39 is 17.2 Å². The van der Waals surface area contributed by atoms with Gasteiger partial charge in [-0.1, -0.05) is 6.07 Å². The van der Waals surface area contributed by atoms with Crippen molar-refractivity contribution < 1.29 is 23.9 Å². The van der Waals surface area contributed by atoms with Crippen molar-refractivity contribution in [1.82, 2.24) is 0 Å².